The van der Waals surface area contributed by atoms with Gasteiger partial charge in [-0.05, 0) is 48.2 Å². The molecule has 0 saturated heterocycles. The predicted octanol–water partition coefficient (Wildman–Crippen LogP) is 5.78. The third-order valence-corrected chi connectivity index (χ3v) is 3.66. The van der Waals surface area contributed by atoms with Crippen molar-refractivity contribution in [1.82, 2.24) is 0 Å². The lowest BCUT2D eigenvalue weighted by Crippen LogP contribution is -2.04. The molecule has 0 amide bonds. The average molecular weight is 368 g/mol. The number of hydrogen-bond donors (Lipinski definition) is 0. The van der Waals surface area contributed by atoms with E-state index in [1.807, 2.05) is 6.92 Å². The minimum Gasteiger partial charge on any atom is -0.206 e. The quantitative estimate of drug-likeness (QED) is 0.351. The molecule has 0 bridgehead atoms. The highest BCUT2D eigenvalue weighted by Crippen LogP contribution is 2.28. The van der Waals surface area contributed by atoms with Crippen molar-refractivity contribution in [2.75, 3.05) is 0 Å². The lowest BCUT2D eigenvalue weighted by molar-refractivity contribution is -0.137. The Morgan fingerprint density at radius 1 is 0.923 bits per heavy atom. The molecule has 0 saturated carbocycles. The highest BCUT2D eigenvalue weighted by molar-refractivity contribution is 5.83. The van der Waals surface area contributed by atoms with Crippen molar-refractivity contribution >= 4 is 12.4 Å². The van der Waals surface area contributed by atoms with Crippen LogP contribution in [0.5, 0.6) is 0 Å². The Labute approximate surface area is 148 Å². The summed E-state index contributed by atoms with van der Waals surface area (Å²) in [4.78, 5) is 0. The molecule has 7 heteroatoms. The van der Waals surface area contributed by atoms with Gasteiger partial charge in [-0.15, -0.1) is 0 Å². The molecule has 2 nitrogen and oxygen atoms in total. The largest absolute Gasteiger partial charge is 0.416 e. The van der Waals surface area contributed by atoms with E-state index < -0.39 is 23.4 Å². The average Bonchev–Trinajstić information content (AvgIpc) is 2.58. The minimum absolute atomic E-state index is 0.310. The van der Waals surface area contributed by atoms with E-state index in [1.165, 1.54) is 30.5 Å². The fourth-order valence-electron chi connectivity index (χ4n) is 2.23. The molecule has 0 heterocycles. The monoisotopic (exact) mass is 368 g/mol. The second kappa shape index (κ2) is 8.69. The molecule has 0 fully saturated rings. The summed E-state index contributed by atoms with van der Waals surface area (Å²) < 4.78 is 65.3. The van der Waals surface area contributed by atoms with E-state index >= 15 is 0 Å². The van der Waals surface area contributed by atoms with Gasteiger partial charge in [0, 0.05) is 0 Å². The molecule has 0 aromatic heterocycles. The van der Waals surface area contributed by atoms with Crippen molar-refractivity contribution in [2.24, 2.45) is 10.2 Å². The molecule has 0 N–H and O–H groups in total. The fourth-order valence-corrected chi connectivity index (χ4v) is 2.23. The summed E-state index contributed by atoms with van der Waals surface area (Å²) in [5.74, 6) is -1.46. The summed E-state index contributed by atoms with van der Waals surface area (Å²) in [5, 5.41) is 7.18. The van der Waals surface area contributed by atoms with Crippen LogP contribution in [0.25, 0.3) is 0 Å². The minimum atomic E-state index is -4.41. The van der Waals surface area contributed by atoms with Crippen LogP contribution < -0.4 is 0 Å². The third kappa shape index (κ3) is 5.47. The molecule has 0 unspecified atom stereocenters. The third-order valence-electron chi connectivity index (χ3n) is 3.66. The number of hydrogen-bond acceptors (Lipinski definition) is 2. The van der Waals surface area contributed by atoms with Crippen LogP contribution >= 0.6 is 0 Å². The molecule has 138 valence electrons. The van der Waals surface area contributed by atoms with Crippen molar-refractivity contribution in [3.8, 4) is 0 Å². The summed E-state index contributed by atoms with van der Waals surface area (Å²) >= 11 is 0. The lowest BCUT2D eigenvalue weighted by Gasteiger charge is -2.05. The Morgan fingerprint density at radius 3 is 2.04 bits per heavy atom. The first-order chi connectivity index (χ1) is 12.3. The van der Waals surface area contributed by atoms with E-state index in [0.717, 1.165) is 31.2 Å². The van der Waals surface area contributed by atoms with E-state index in [4.69, 9.17) is 0 Å². The SMILES string of the molecule is CCCCc1cc(F)c(C=NN=Cc2ccc(C(F)(F)F)cc2)c(F)c1. The van der Waals surface area contributed by atoms with Crippen LogP contribution in [-0.4, -0.2) is 12.4 Å². The maximum absolute atomic E-state index is 14.0. The van der Waals surface area contributed by atoms with Gasteiger partial charge in [0.1, 0.15) is 11.6 Å². The van der Waals surface area contributed by atoms with Crippen LogP contribution in [0, 0.1) is 11.6 Å². The van der Waals surface area contributed by atoms with Gasteiger partial charge in [0.15, 0.2) is 0 Å². The molecule has 0 aliphatic heterocycles. The van der Waals surface area contributed by atoms with Gasteiger partial charge in [-0.1, -0.05) is 25.5 Å². The summed E-state index contributed by atoms with van der Waals surface area (Å²) in [6.45, 7) is 1.99. The topological polar surface area (TPSA) is 24.7 Å². The zero-order valence-corrected chi connectivity index (χ0v) is 14.0. The van der Waals surface area contributed by atoms with Crippen molar-refractivity contribution in [1.29, 1.82) is 0 Å². The molecule has 0 aliphatic rings. The lowest BCUT2D eigenvalue weighted by atomic mass is 10.1. The van der Waals surface area contributed by atoms with Crippen LogP contribution in [-0.2, 0) is 12.6 Å². The van der Waals surface area contributed by atoms with Crippen LogP contribution in [0.2, 0.25) is 0 Å². The Balaban J connectivity index is 2.07. The van der Waals surface area contributed by atoms with E-state index in [0.29, 0.717) is 17.5 Å². The van der Waals surface area contributed by atoms with Gasteiger partial charge in [0.25, 0.3) is 0 Å². The van der Waals surface area contributed by atoms with Gasteiger partial charge in [-0.2, -0.15) is 23.4 Å². The number of halogens is 5. The predicted molar refractivity (Wildman–Crippen MR) is 91.6 cm³/mol. The molecule has 0 radical (unpaired) electrons. The second-order valence-electron chi connectivity index (χ2n) is 5.69. The fraction of sp³-hybridized carbons (Fsp3) is 0.263. The Morgan fingerprint density at radius 2 is 1.50 bits per heavy atom. The molecule has 0 aliphatic carbocycles. The molecule has 2 rings (SSSR count). The van der Waals surface area contributed by atoms with Gasteiger partial charge in [0.2, 0.25) is 0 Å². The summed E-state index contributed by atoms with van der Waals surface area (Å²) in [6.07, 6.45) is 0.0752. The first-order valence-electron chi connectivity index (χ1n) is 8.03. The summed E-state index contributed by atoms with van der Waals surface area (Å²) in [6, 6.07) is 6.81. The molecule has 0 atom stereocenters. The van der Waals surface area contributed by atoms with Gasteiger partial charge >= 0.3 is 6.18 Å². The normalized spacial score (nSPS) is 12.4. The van der Waals surface area contributed by atoms with Crippen LogP contribution in [0.4, 0.5) is 22.0 Å². The van der Waals surface area contributed by atoms with Crippen molar-refractivity contribution in [2.45, 2.75) is 32.4 Å². The molecular weight excluding hydrogens is 351 g/mol. The molecule has 0 spiro atoms. The molecule has 2 aromatic rings. The maximum atomic E-state index is 14.0. The molecule has 26 heavy (non-hydrogen) atoms. The van der Waals surface area contributed by atoms with Gasteiger partial charge in [0.05, 0.1) is 23.6 Å². The number of rotatable bonds is 6. The van der Waals surface area contributed by atoms with Gasteiger partial charge in [-0.25, -0.2) is 8.78 Å². The highest BCUT2D eigenvalue weighted by atomic mass is 19.4. The van der Waals surface area contributed by atoms with Crippen LogP contribution in [0.15, 0.2) is 46.6 Å². The second-order valence-corrected chi connectivity index (χ2v) is 5.69. The van der Waals surface area contributed by atoms with Crippen molar-refractivity contribution in [3.05, 3.63) is 70.3 Å². The standard InChI is InChI=1S/C19H17F5N2/c1-2-3-4-14-9-17(20)16(18(21)10-14)12-26-25-11-13-5-7-15(8-6-13)19(22,23)24/h5-12H,2-4H2,1H3. The summed E-state index contributed by atoms with van der Waals surface area (Å²) in [7, 11) is 0. The molecule has 2 aromatic carbocycles. The number of unbranched alkanes of at least 4 members (excludes halogenated alkanes) is 1. The van der Waals surface area contributed by atoms with Crippen molar-refractivity contribution < 1.29 is 22.0 Å². The van der Waals surface area contributed by atoms with E-state index in [9.17, 15) is 22.0 Å². The summed E-state index contributed by atoms with van der Waals surface area (Å²) in [5.41, 5.74) is -0.126. The highest BCUT2D eigenvalue weighted by Gasteiger charge is 2.29. The van der Waals surface area contributed by atoms with Gasteiger partial charge in [-0.3, -0.25) is 0 Å². The first-order valence-corrected chi connectivity index (χ1v) is 8.03. The number of aryl methyl sites for hydroxylation is 1. The zero-order chi connectivity index (χ0) is 19.2. The number of alkyl halides is 3. The Hall–Kier alpha value is -2.57. The van der Waals surface area contributed by atoms with E-state index in [2.05, 4.69) is 10.2 Å². The maximum Gasteiger partial charge on any atom is 0.416 e. The van der Waals surface area contributed by atoms with E-state index in [-0.39, 0.29) is 5.56 Å². The number of nitrogens with zero attached hydrogens (tertiary/aromatic N) is 2. The van der Waals surface area contributed by atoms with Crippen molar-refractivity contribution in [3.63, 3.8) is 0 Å². The zero-order valence-electron chi connectivity index (χ0n) is 14.0. The van der Waals surface area contributed by atoms with E-state index in [1.54, 1.807) is 0 Å². The Kier molecular flexibility index (Phi) is 6.60. The first kappa shape index (κ1) is 19.8. The Bertz CT molecular complexity index is 770. The number of benzene rings is 2. The van der Waals surface area contributed by atoms with Crippen LogP contribution in [0.3, 0.4) is 0 Å². The molecular formula is C19H17F5N2. The van der Waals surface area contributed by atoms with Gasteiger partial charge < -0.3 is 0 Å². The van der Waals surface area contributed by atoms with Crippen LogP contribution in [0.1, 0.15) is 42.0 Å². The smallest absolute Gasteiger partial charge is 0.206 e.